The lowest BCUT2D eigenvalue weighted by atomic mass is 10.1. The molecule has 0 amide bonds. The van der Waals surface area contributed by atoms with E-state index in [2.05, 4.69) is 25.3 Å². The largest absolute Gasteiger partial charge is 0.495 e. The van der Waals surface area contributed by atoms with Crippen LogP contribution in [-0.2, 0) is 19.1 Å². The number of H-pyrrole nitrogens is 1. The monoisotopic (exact) mass is 431 g/mol. The van der Waals surface area contributed by atoms with Crippen LogP contribution in [-0.4, -0.2) is 27.0 Å². The molecule has 31 heavy (non-hydrogen) atoms. The molecule has 0 aliphatic heterocycles. The van der Waals surface area contributed by atoms with Crippen molar-refractivity contribution < 1.29 is 22.3 Å². The van der Waals surface area contributed by atoms with Crippen molar-refractivity contribution in [3.8, 4) is 5.75 Å². The normalized spacial score (nSPS) is 11.6. The highest BCUT2D eigenvalue weighted by Crippen LogP contribution is 2.27. The maximum absolute atomic E-state index is 14.6. The summed E-state index contributed by atoms with van der Waals surface area (Å²) in [5.74, 6) is 0.230. The second kappa shape index (κ2) is 8.21. The van der Waals surface area contributed by atoms with Crippen molar-refractivity contribution in [2.75, 3.05) is 12.4 Å². The molecule has 6 nitrogen and oxygen atoms in total. The molecule has 0 radical (unpaired) electrons. The zero-order chi connectivity index (χ0) is 22.0. The number of pyridine rings is 3. The Bertz CT molecular complexity index is 1200. The van der Waals surface area contributed by atoms with Crippen molar-refractivity contribution in [1.82, 2.24) is 19.9 Å². The molecule has 0 aliphatic carbocycles. The van der Waals surface area contributed by atoms with E-state index in [0.29, 0.717) is 28.9 Å². The van der Waals surface area contributed by atoms with Crippen LogP contribution in [0.25, 0.3) is 11.0 Å². The fourth-order valence-corrected chi connectivity index (χ4v) is 3.08. The van der Waals surface area contributed by atoms with Gasteiger partial charge in [-0.25, -0.2) is 9.97 Å². The second-order valence-electron chi connectivity index (χ2n) is 6.81. The number of aromatic nitrogens is 4. The van der Waals surface area contributed by atoms with Crippen molar-refractivity contribution >= 4 is 16.9 Å². The molecule has 4 heterocycles. The summed E-state index contributed by atoms with van der Waals surface area (Å²) in [5, 5.41) is 3.72. The lowest BCUT2D eigenvalue weighted by Crippen LogP contribution is -2.09. The first-order valence-electron chi connectivity index (χ1n) is 9.25. The highest BCUT2D eigenvalue weighted by atomic mass is 19.4. The van der Waals surface area contributed by atoms with E-state index in [-0.39, 0.29) is 12.4 Å². The van der Waals surface area contributed by atoms with E-state index < -0.39 is 17.8 Å². The van der Waals surface area contributed by atoms with Gasteiger partial charge in [-0.1, -0.05) is 12.1 Å². The fourth-order valence-electron chi connectivity index (χ4n) is 3.08. The number of halogens is 4. The predicted molar refractivity (Wildman–Crippen MR) is 106 cm³/mol. The number of anilines is 1. The molecular weight excluding hydrogens is 414 g/mol. The topological polar surface area (TPSA) is 75.7 Å². The number of methoxy groups -OCH3 is 1. The predicted octanol–water partition coefficient (Wildman–Crippen LogP) is 4.72. The summed E-state index contributed by atoms with van der Waals surface area (Å²) >= 11 is 0. The van der Waals surface area contributed by atoms with Gasteiger partial charge in [-0.3, -0.25) is 4.98 Å². The van der Waals surface area contributed by atoms with Gasteiger partial charge in [0.05, 0.1) is 13.3 Å². The van der Waals surface area contributed by atoms with Crippen LogP contribution in [0.4, 0.5) is 23.4 Å². The van der Waals surface area contributed by atoms with Crippen LogP contribution in [0.1, 0.15) is 22.4 Å². The summed E-state index contributed by atoms with van der Waals surface area (Å²) in [6.07, 6.45) is 0.298. The van der Waals surface area contributed by atoms with Gasteiger partial charge < -0.3 is 15.0 Å². The van der Waals surface area contributed by atoms with Gasteiger partial charge in [0.15, 0.2) is 0 Å². The Balaban J connectivity index is 1.45. The van der Waals surface area contributed by atoms with E-state index in [4.69, 9.17) is 4.74 Å². The molecule has 2 N–H and O–H groups in total. The number of ether oxygens (including phenoxy) is 1. The minimum atomic E-state index is -4.49. The van der Waals surface area contributed by atoms with Crippen molar-refractivity contribution in [1.29, 1.82) is 0 Å². The molecule has 0 saturated heterocycles. The molecule has 160 valence electrons. The maximum atomic E-state index is 14.6. The second-order valence-corrected chi connectivity index (χ2v) is 6.81. The first kappa shape index (κ1) is 20.6. The average Bonchev–Trinajstić information content (AvgIpc) is 3.15. The smallest absolute Gasteiger partial charge is 0.433 e. The highest BCUT2D eigenvalue weighted by molar-refractivity contribution is 5.81. The Morgan fingerprint density at radius 3 is 2.58 bits per heavy atom. The van der Waals surface area contributed by atoms with E-state index in [1.165, 1.54) is 6.07 Å². The van der Waals surface area contributed by atoms with Gasteiger partial charge in [0.25, 0.3) is 0 Å². The molecular formula is C21H17F4N5O. The zero-order valence-electron chi connectivity index (χ0n) is 16.3. The third kappa shape index (κ3) is 4.57. The van der Waals surface area contributed by atoms with Gasteiger partial charge in [-0.15, -0.1) is 0 Å². The fraction of sp³-hybridized carbons (Fsp3) is 0.190. The summed E-state index contributed by atoms with van der Waals surface area (Å²) in [4.78, 5) is 14.6. The SMILES string of the molecule is COc1cnc2[nH]cc(Cc3ccc(NCc4ccc(C(F)(F)F)nc4)nc3F)c2c1. The van der Waals surface area contributed by atoms with Gasteiger partial charge >= 0.3 is 6.18 Å². The standard InChI is InChI=1S/C21H17F4N5O/c1-31-15-7-16-14(10-28-20(16)29-11-15)6-13-3-5-18(30-19(13)22)27-9-12-2-4-17(26-8-12)21(23,24)25/h2-5,7-8,10-11H,6,9H2,1H3,(H,27,30)(H,28,29). The summed E-state index contributed by atoms with van der Waals surface area (Å²) in [6, 6.07) is 7.27. The van der Waals surface area contributed by atoms with Crippen LogP contribution in [0.3, 0.4) is 0 Å². The van der Waals surface area contributed by atoms with Crippen LogP contribution in [0.5, 0.6) is 5.75 Å². The van der Waals surface area contributed by atoms with Gasteiger partial charge in [0.2, 0.25) is 5.95 Å². The lowest BCUT2D eigenvalue weighted by molar-refractivity contribution is -0.141. The van der Waals surface area contributed by atoms with Crippen molar-refractivity contribution in [3.63, 3.8) is 0 Å². The van der Waals surface area contributed by atoms with Crippen molar-refractivity contribution in [2.45, 2.75) is 19.1 Å². The Morgan fingerprint density at radius 1 is 1.06 bits per heavy atom. The molecule has 0 atom stereocenters. The van der Waals surface area contributed by atoms with E-state index in [9.17, 15) is 17.6 Å². The Hall–Kier alpha value is -3.69. The van der Waals surface area contributed by atoms with Gasteiger partial charge in [0.1, 0.15) is 22.9 Å². The van der Waals surface area contributed by atoms with Crippen molar-refractivity contribution in [2.24, 2.45) is 0 Å². The number of hydrogen-bond acceptors (Lipinski definition) is 5. The molecule has 4 aromatic rings. The molecule has 4 rings (SSSR count). The Morgan fingerprint density at radius 2 is 1.90 bits per heavy atom. The first-order chi connectivity index (χ1) is 14.8. The Kier molecular flexibility index (Phi) is 5.45. The van der Waals surface area contributed by atoms with E-state index >= 15 is 0 Å². The summed E-state index contributed by atoms with van der Waals surface area (Å²) in [7, 11) is 1.55. The number of nitrogens with zero attached hydrogens (tertiary/aromatic N) is 3. The molecule has 0 spiro atoms. The summed E-state index contributed by atoms with van der Waals surface area (Å²) in [6.45, 7) is 0.158. The number of aromatic amines is 1. The molecule has 0 unspecified atom stereocenters. The number of alkyl halides is 3. The number of hydrogen-bond donors (Lipinski definition) is 2. The van der Waals surface area contributed by atoms with E-state index in [1.54, 1.807) is 31.6 Å². The van der Waals surface area contributed by atoms with Crippen LogP contribution >= 0.6 is 0 Å². The van der Waals surface area contributed by atoms with Crippen LogP contribution < -0.4 is 10.1 Å². The third-order valence-electron chi connectivity index (χ3n) is 4.72. The van der Waals surface area contributed by atoms with Gasteiger partial charge in [-0.05, 0) is 29.3 Å². The van der Waals surface area contributed by atoms with E-state index in [0.717, 1.165) is 23.2 Å². The number of nitrogens with one attached hydrogen (secondary N) is 2. The average molecular weight is 431 g/mol. The molecule has 0 aromatic carbocycles. The number of rotatable bonds is 6. The van der Waals surface area contributed by atoms with Crippen LogP contribution in [0.15, 0.2) is 48.9 Å². The quantitative estimate of drug-likeness (QED) is 0.341. The summed E-state index contributed by atoms with van der Waals surface area (Å²) in [5.41, 5.74) is 1.46. The summed E-state index contributed by atoms with van der Waals surface area (Å²) < 4.78 is 57.5. The first-order valence-corrected chi connectivity index (χ1v) is 9.25. The molecule has 10 heteroatoms. The van der Waals surface area contributed by atoms with Crippen LogP contribution in [0, 0.1) is 5.95 Å². The molecule has 0 saturated carbocycles. The minimum Gasteiger partial charge on any atom is -0.495 e. The molecule has 0 aliphatic rings. The maximum Gasteiger partial charge on any atom is 0.433 e. The third-order valence-corrected chi connectivity index (χ3v) is 4.72. The Labute approximate surface area is 174 Å². The molecule has 4 aromatic heterocycles. The molecule has 0 bridgehead atoms. The lowest BCUT2D eigenvalue weighted by Gasteiger charge is -2.09. The minimum absolute atomic E-state index is 0.158. The van der Waals surface area contributed by atoms with Crippen LogP contribution in [0.2, 0.25) is 0 Å². The zero-order valence-corrected chi connectivity index (χ0v) is 16.3. The number of fused-ring (bicyclic) bond motifs is 1. The van der Waals surface area contributed by atoms with Gasteiger partial charge in [0, 0.05) is 36.3 Å². The van der Waals surface area contributed by atoms with E-state index in [1.807, 2.05) is 6.07 Å². The van der Waals surface area contributed by atoms with Crippen molar-refractivity contribution in [3.05, 3.63) is 77.3 Å². The van der Waals surface area contributed by atoms with Gasteiger partial charge in [-0.2, -0.15) is 17.6 Å². The molecule has 0 fully saturated rings. The highest BCUT2D eigenvalue weighted by Gasteiger charge is 2.31.